The summed E-state index contributed by atoms with van der Waals surface area (Å²) < 4.78 is 5.45. The lowest BCUT2D eigenvalue weighted by Crippen LogP contribution is -2.46. The van der Waals surface area contributed by atoms with Gasteiger partial charge in [-0.1, -0.05) is 13.0 Å². The van der Waals surface area contributed by atoms with Crippen LogP contribution in [0.2, 0.25) is 0 Å². The first-order valence-electron chi connectivity index (χ1n) is 7.05. The number of hydrogen-bond donors (Lipinski definition) is 2. The van der Waals surface area contributed by atoms with Gasteiger partial charge in [0.1, 0.15) is 12.2 Å². The second-order valence-electron chi connectivity index (χ2n) is 5.93. The zero-order valence-electron chi connectivity index (χ0n) is 11.9. The molecule has 1 saturated carbocycles. The Bertz CT molecular complexity index is 595. The van der Waals surface area contributed by atoms with E-state index in [1.165, 1.54) is 6.07 Å². The fraction of sp³-hybridized carbons (Fsp3) is 0.467. The van der Waals surface area contributed by atoms with E-state index < -0.39 is 5.97 Å². The lowest BCUT2D eigenvalue weighted by Gasteiger charge is -2.30. The molecular formula is C15H18N2O4. The molecule has 0 aromatic heterocycles. The number of rotatable bonds is 3. The van der Waals surface area contributed by atoms with Gasteiger partial charge in [-0.3, -0.25) is 4.90 Å². The smallest absolute Gasteiger partial charge is 0.339 e. The number of carboxylic acid groups (broad SMARTS) is 1. The summed E-state index contributed by atoms with van der Waals surface area (Å²) in [7, 11) is 0. The van der Waals surface area contributed by atoms with Crippen LogP contribution in [0.4, 0.5) is 10.5 Å². The third-order valence-electron chi connectivity index (χ3n) is 4.09. The summed E-state index contributed by atoms with van der Waals surface area (Å²) in [4.78, 5) is 25.1. The number of aromatic carboxylic acids is 1. The van der Waals surface area contributed by atoms with Crippen molar-refractivity contribution in [3.8, 4) is 5.75 Å². The van der Waals surface area contributed by atoms with E-state index in [0.29, 0.717) is 25.4 Å². The summed E-state index contributed by atoms with van der Waals surface area (Å²) in [6, 6.07) is 4.61. The van der Waals surface area contributed by atoms with E-state index in [-0.39, 0.29) is 22.8 Å². The molecule has 2 amide bonds. The maximum Gasteiger partial charge on any atom is 0.339 e. The van der Waals surface area contributed by atoms with Gasteiger partial charge in [0.05, 0.1) is 12.2 Å². The highest BCUT2D eigenvalue weighted by Gasteiger charge is 2.38. The number of benzene rings is 1. The van der Waals surface area contributed by atoms with Crippen LogP contribution in [0.25, 0.3) is 0 Å². The predicted octanol–water partition coefficient (Wildman–Crippen LogP) is 2.09. The van der Waals surface area contributed by atoms with Gasteiger partial charge in [0, 0.05) is 6.54 Å². The normalized spacial score (nSPS) is 18.4. The monoisotopic (exact) mass is 290 g/mol. The highest BCUT2D eigenvalue weighted by atomic mass is 16.5. The van der Waals surface area contributed by atoms with Crippen molar-refractivity contribution in [1.29, 1.82) is 0 Å². The fourth-order valence-electron chi connectivity index (χ4n) is 2.40. The van der Waals surface area contributed by atoms with Gasteiger partial charge in [-0.25, -0.2) is 9.59 Å². The summed E-state index contributed by atoms with van der Waals surface area (Å²) in [5.41, 5.74) is 0.826. The number of amides is 2. The van der Waals surface area contributed by atoms with Gasteiger partial charge in [0.15, 0.2) is 5.75 Å². The van der Waals surface area contributed by atoms with Crippen molar-refractivity contribution >= 4 is 17.7 Å². The Morgan fingerprint density at radius 3 is 2.86 bits per heavy atom. The molecule has 6 heteroatoms. The third kappa shape index (κ3) is 2.66. The molecule has 2 aliphatic rings. The van der Waals surface area contributed by atoms with Gasteiger partial charge < -0.3 is 15.2 Å². The fourth-order valence-corrected chi connectivity index (χ4v) is 2.40. The predicted molar refractivity (Wildman–Crippen MR) is 77.0 cm³/mol. The highest BCUT2D eigenvalue weighted by Crippen LogP contribution is 2.44. The molecule has 0 unspecified atom stereocenters. The lowest BCUT2D eigenvalue weighted by molar-refractivity contribution is 0.0692. The Kier molecular flexibility index (Phi) is 3.23. The number of urea groups is 1. The first-order valence-corrected chi connectivity index (χ1v) is 7.05. The first kappa shape index (κ1) is 13.7. The van der Waals surface area contributed by atoms with Crippen LogP contribution in [0.5, 0.6) is 5.75 Å². The van der Waals surface area contributed by atoms with E-state index in [2.05, 4.69) is 12.2 Å². The summed E-state index contributed by atoms with van der Waals surface area (Å²) in [6.07, 6.45) is 2.27. The van der Waals surface area contributed by atoms with E-state index in [1.807, 2.05) is 0 Å². The van der Waals surface area contributed by atoms with Crippen LogP contribution in [0, 0.1) is 5.41 Å². The maximum atomic E-state index is 12.3. The number of nitrogens with zero attached hydrogens (tertiary/aromatic N) is 1. The molecule has 1 aromatic rings. The van der Waals surface area contributed by atoms with Gasteiger partial charge >= 0.3 is 12.0 Å². The van der Waals surface area contributed by atoms with Crippen molar-refractivity contribution in [2.24, 2.45) is 5.41 Å². The highest BCUT2D eigenvalue weighted by molar-refractivity contribution is 5.99. The molecule has 1 aromatic carbocycles. The Labute approximate surface area is 122 Å². The molecule has 0 spiro atoms. The number of ether oxygens (including phenoxy) is 1. The topological polar surface area (TPSA) is 78.9 Å². The minimum atomic E-state index is -1.06. The molecule has 1 aliphatic carbocycles. The van der Waals surface area contributed by atoms with Crippen molar-refractivity contribution in [3.63, 3.8) is 0 Å². The number of fused-ring (bicyclic) bond motifs is 1. The van der Waals surface area contributed by atoms with Crippen LogP contribution in [0.15, 0.2) is 18.2 Å². The van der Waals surface area contributed by atoms with E-state index in [4.69, 9.17) is 4.74 Å². The van der Waals surface area contributed by atoms with Gasteiger partial charge in [0.25, 0.3) is 0 Å². The van der Waals surface area contributed by atoms with Crippen LogP contribution in [0.3, 0.4) is 0 Å². The molecule has 0 bridgehead atoms. The summed E-state index contributed by atoms with van der Waals surface area (Å²) in [5, 5.41) is 12.1. The standard InChI is InChI=1S/C15H18N2O4/c1-15(5-6-15)9-16-14(20)17-7-8-21-12-10(13(18)19)3-2-4-11(12)17/h2-4H,5-9H2,1H3,(H,16,20)(H,18,19). The second kappa shape index (κ2) is 4.95. The van der Waals surface area contributed by atoms with Crippen molar-refractivity contribution < 1.29 is 19.4 Å². The molecule has 1 fully saturated rings. The number of anilines is 1. The average molecular weight is 290 g/mol. The van der Waals surface area contributed by atoms with Crippen molar-refractivity contribution in [2.75, 3.05) is 24.6 Å². The van der Waals surface area contributed by atoms with Crippen LogP contribution in [-0.4, -0.2) is 36.8 Å². The van der Waals surface area contributed by atoms with Crippen molar-refractivity contribution in [3.05, 3.63) is 23.8 Å². The number of carboxylic acids is 1. The molecule has 3 rings (SSSR count). The van der Waals surface area contributed by atoms with Crippen molar-refractivity contribution in [2.45, 2.75) is 19.8 Å². The molecular weight excluding hydrogens is 272 g/mol. The number of para-hydroxylation sites is 1. The molecule has 112 valence electrons. The van der Waals surface area contributed by atoms with Crippen molar-refractivity contribution in [1.82, 2.24) is 5.32 Å². The van der Waals surface area contributed by atoms with Gasteiger partial charge in [-0.05, 0) is 30.4 Å². The van der Waals surface area contributed by atoms with Gasteiger partial charge in [-0.15, -0.1) is 0 Å². The molecule has 0 atom stereocenters. The molecule has 2 N–H and O–H groups in total. The zero-order valence-corrected chi connectivity index (χ0v) is 11.9. The minimum absolute atomic E-state index is 0.0826. The van der Waals surface area contributed by atoms with Crippen LogP contribution in [0.1, 0.15) is 30.1 Å². The number of hydrogen-bond acceptors (Lipinski definition) is 3. The Hall–Kier alpha value is -2.24. The SMILES string of the molecule is CC1(CNC(=O)N2CCOc3c(C(=O)O)cccc32)CC1. The number of carbonyl (C=O) groups excluding carboxylic acids is 1. The zero-order chi connectivity index (χ0) is 15.0. The number of nitrogens with one attached hydrogen (secondary N) is 1. The molecule has 21 heavy (non-hydrogen) atoms. The largest absolute Gasteiger partial charge is 0.489 e. The Morgan fingerprint density at radius 1 is 1.43 bits per heavy atom. The lowest BCUT2D eigenvalue weighted by atomic mass is 10.1. The molecule has 0 radical (unpaired) electrons. The number of carbonyl (C=O) groups is 2. The molecule has 6 nitrogen and oxygen atoms in total. The van der Waals surface area contributed by atoms with E-state index in [1.54, 1.807) is 17.0 Å². The minimum Gasteiger partial charge on any atom is -0.489 e. The molecule has 0 saturated heterocycles. The average Bonchev–Trinajstić information content (AvgIpc) is 3.21. The summed E-state index contributed by atoms with van der Waals surface area (Å²) >= 11 is 0. The molecule has 1 aliphatic heterocycles. The van der Waals surface area contributed by atoms with Gasteiger partial charge in [0.2, 0.25) is 0 Å². The maximum absolute atomic E-state index is 12.3. The quantitative estimate of drug-likeness (QED) is 0.893. The summed E-state index contributed by atoms with van der Waals surface area (Å²) in [5.74, 6) is -0.788. The van der Waals surface area contributed by atoms with Crippen LogP contribution < -0.4 is 15.0 Å². The molecule has 1 heterocycles. The van der Waals surface area contributed by atoms with E-state index >= 15 is 0 Å². The third-order valence-corrected chi connectivity index (χ3v) is 4.09. The van der Waals surface area contributed by atoms with Crippen LogP contribution >= 0.6 is 0 Å². The van der Waals surface area contributed by atoms with Crippen LogP contribution in [-0.2, 0) is 0 Å². The van der Waals surface area contributed by atoms with E-state index in [0.717, 1.165) is 12.8 Å². The summed E-state index contributed by atoms with van der Waals surface area (Å²) in [6.45, 7) is 3.50. The van der Waals surface area contributed by atoms with Gasteiger partial charge in [-0.2, -0.15) is 0 Å². The first-order chi connectivity index (χ1) is 10.0. The Morgan fingerprint density at radius 2 is 2.19 bits per heavy atom. The van der Waals surface area contributed by atoms with E-state index in [9.17, 15) is 14.7 Å². The Balaban J connectivity index is 1.81. The second-order valence-corrected chi connectivity index (χ2v) is 5.93.